The molecule has 4 heteroatoms. The summed E-state index contributed by atoms with van der Waals surface area (Å²) >= 11 is 13.2. The summed E-state index contributed by atoms with van der Waals surface area (Å²) in [6, 6.07) is 16.2. The summed E-state index contributed by atoms with van der Waals surface area (Å²) < 4.78 is 0.566. The van der Waals surface area contributed by atoms with Gasteiger partial charge >= 0.3 is 0 Å². The summed E-state index contributed by atoms with van der Waals surface area (Å²) in [5.74, 6) is 0. The number of thiazole rings is 1. The quantitative estimate of drug-likeness (QED) is 0.584. The first-order chi connectivity index (χ1) is 9.22. The maximum Gasteiger partial charge on any atom is 0.184 e. The van der Waals surface area contributed by atoms with Crippen molar-refractivity contribution >= 4 is 34.5 Å². The van der Waals surface area contributed by atoms with Crippen molar-refractivity contribution in [1.82, 2.24) is 4.98 Å². The van der Waals surface area contributed by atoms with Crippen LogP contribution in [0.4, 0.5) is 0 Å². The maximum absolute atomic E-state index is 5.89. The van der Waals surface area contributed by atoms with Gasteiger partial charge in [-0.1, -0.05) is 59.6 Å². The lowest BCUT2D eigenvalue weighted by atomic mass is 10.0. The molecular weight excluding hydrogens is 297 g/mol. The standard InChI is InChI=1S/C15H9Cl2NS/c16-13-7-5-11(6-8-13)10-1-3-12(4-2-10)14-9-18-15(17)19-14/h1-9H. The van der Waals surface area contributed by atoms with E-state index >= 15 is 0 Å². The highest BCUT2D eigenvalue weighted by molar-refractivity contribution is 7.18. The highest BCUT2D eigenvalue weighted by Gasteiger charge is 2.03. The molecule has 0 unspecified atom stereocenters. The van der Waals surface area contributed by atoms with Crippen LogP contribution in [0.3, 0.4) is 0 Å². The van der Waals surface area contributed by atoms with Crippen LogP contribution in [-0.2, 0) is 0 Å². The first-order valence-corrected chi connectivity index (χ1v) is 7.27. The summed E-state index contributed by atoms with van der Waals surface area (Å²) in [4.78, 5) is 5.13. The van der Waals surface area contributed by atoms with Crippen molar-refractivity contribution in [2.75, 3.05) is 0 Å². The Balaban J connectivity index is 1.92. The van der Waals surface area contributed by atoms with Crippen LogP contribution >= 0.6 is 34.5 Å². The van der Waals surface area contributed by atoms with E-state index in [4.69, 9.17) is 23.2 Å². The van der Waals surface area contributed by atoms with Crippen LogP contribution in [0, 0.1) is 0 Å². The zero-order valence-electron chi connectivity index (χ0n) is 9.81. The minimum Gasteiger partial charge on any atom is -0.233 e. The van der Waals surface area contributed by atoms with Gasteiger partial charge in [-0.15, -0.1) is 11.3 Å². The zero-order valence-corrected chi connectivity index (χ0v) is 12.1. The predicted molar refractivity (Wildman–Crippen MR) is 83.0 cm³/mol. The van der Waals surface area contributed by atoms with Gasteiger partial charge in [0.25, 0.3) is 0 Å². The molecule has 3 aromatic rings. The van der Waals surface area contributed by atoms with Crippen molar-refractivity contribution < 1.29 is 0 Å². The van der Waals surface area contributed by atoms with E-state index in [1.165, 1.54) is 11.3 Å². The molecule has 0 saturated heterocycles. The lowest BCUT2D eigenvalue weighted by Crippen LogP contribution is -1.78. The Morgan fingerprint density at radius 1 is 0.737 bits per heavy atom. The average Bonchev–Trinajstić information content (AvgIpc) is 2.87. The molecule has 1 nitrogen and oxygen atoms in total. The molecule has 0 bridgehead atoms. The summed E-state index contributed by atoms with van der Waals surface area (Å²) in [6.45, 7) is 0. The number of hydrogen-bond acceptors (Lipinski definition) is 2. The summed E-state index contributed by atoms with van der Waals surface area (Å²) in [6.07, 6.45) is 1.80. The van der Waals surface area contributed by atoms with Crippen molar-refractivity contribution in [1.29, 1.82) is 0 Å². The van der Waals surface area contributed by atoms with Crippen LogP contribution in [0.15, 0.2) is 54.7 Å². The topological polar surface area (TPSA) is 12.9 Å². The molecule has 0 aliphatic rings. The number of benzene rings is 2. The molecule has 94 valence electrons. The normalized spacial score (nSPS) is 10.6. The van der Waals surface area contributed by atoms with Crippen molar-refractivity contribution in [3.8, 4) is 21.6 Å². The highest BCUT2D eigenvalue weighted by Crippen LogP contribution is 2.30. The van der Waals surface area contributed by atoms with Gasteiger partial charge in [0.15, 0.2) is 4.47 Å². The van der Waals surface area contributed by atoms with Crippen molar-refractivity contribution in [2.45, 2.75) is 0 Å². The van der Waals surface area contributed by atoms with Crippen LogP contribution < -0.4 is 0 Å². The Morgan fingerprint density at radius 3 is 1.79 bits per heavy atom. The molecule has 0 fully saturated rings. The average molecular weight is 306 g/mol. The Kier molecular flexibility index (Phi) is 3.56. The molecule has 0 radical (unpaired) electrons. The molecule has 3 rings (SSSR count). The number of hydrogen-bond donors (Lipinski definition) is 0. The van der Waals surface area contributed by atoms with E-state index < -0.39 is 0 Å². The van der Waals surface area contributed by atoms with E-state index in [1.54, 1.807) is 6.20 Å². The monoisotopic (exact) mass is 305 g/mol. The molecular formula is C15H9Cl2NS. The molecule has 0 atom stereocenters. The summed E-state index contributed by atoms with van der Waals surface area (Å²) in [5, 5.41) is 0.750. The van der Waals surface area contributed by atoms with Crippen LogP contribution in [0.2, 0.25) is 9.49 Å². The van der Waals surface area contributed by atoms with Gasteiger partial charge in [-0.3, -0.25) is 0 Å². The molecule has 0 spiro atoms. The van der Waals surface area contributed by atoms with Gasteiger partial charge < -0.3 is 0 Å². The van der Waals surface area contributed by atoms with Gasteiger partial charge in [0.05, 0.1) is 4.88 Å². The molecule has 0 saturated carbocycles. The smallest absolute Gasteiger partial charge is 0.184 e. The van der Waals surface area contributed by atoms with E-state index in [0.717, 1.165) is 26.6 Å². The number of halogens is 2. The first kappa shape index (κ1) is 12.7. The molecule has 0 N–H and O–H groups in total. The van der Waals surface area contributed by atoms with E-state index in [9.17, 15) is 0 Å². The molecule has 2 aromatic carbocycles. The van der Waals surface area contributed by atoms with E-state index in [0.29, 0.717) is 4.47 Å². The lowest BCUT2D eigenvalue weighted by molar-refractivity contribution is 1.42. The largest absolute Gasteiger partial charge is 0.233 e. The molecule has 1 aromatic heterocycles. The van der Waals surface area contributed by atoms with Gasteiger partial charge in [-0.25, -0.2) is 4.98 Å². The van der Waals surface area contributed by atoms with Crippen molar-refractivity contribution in [3.63, 3.8) is 0 Å². The Bertz CT molecular complexity index is 687. The van der Waals surface area contributed by atoms with Crippen molar-refractivity contribution in [2.24, 2.45) is 0 Å². The highest BCUT2D eigenvalue weighted by atomic mass is 35.5. The summed E-state index contributed by atoms with van der Waals surface area (Å²) in [7, 11) is 0. The third-order valence-electron chi connectivity index (χ3n) is 2.82. The third-order valence-corrected chi connectivity index (χ3v) is 4.24. The van der Waals surface area contributed by atoms with Crippen LogP contribution in [0.1, 0.15) is 0 Å². The third kappa shape index (κ3) is 2.81. The number of rotatable bonds is 2. The minimum atomic E-state index is 0.566. The second-order valence-electron chi connectivity index (χ2n) is 4.06. The van der Waals surface area contributed by atoms with Crippen molar-refractivity contribution in [3.05, 3.63) is 64.2 Å². The van der Waals surface area contributed by atoms with Gasteiger partial charge in [0.1, 0.15) is 0 Å². The van der Waals surface area contributed by atoms with Gasteiger partial charge in [0, 0.05) is 11.2 Å². The van der Waals surface area contributed by atoms with Gasteiger partial charge in [0.2, 0.25) is 0 Å². The SMILES string of the molecule is Clc1ccc(-c2ccc(-c3cnc(Cl)s3)cc2)cc1. The fourth-order valence-electron chi connectivity index (χ4n) is 1.86. The van der Waals surface area contributed by atoms with Crippen LogP contribution in [-0.4, -0.2) is 4.98 Å². The second kappa shape index (κ2) is 5.33. The van der Waals surface area contributed by atoms with Crippen LogP contribution in [0.25, 0.3) is 21.6 Å². The number of aromatic nitrogens is 1. The molecule has 0 amide bonds. The van der Waals surface area contributed by atoms with Gasteiger partial charge in [-0.05, 0) is 28.8 Å². The molecule has 0 aliphatic heterocycles. The Labute approximate surface area is 125 Å². The van der Waals surface area contributed by atoms with E-state index in [1.807, 2.05) is 24.3 Å². The molecule has 1 heterocycles. The van der Waals surface area contributed by atoms with E-state index in [2.05, 4.69) is 29.2 Å². The minimum absolute atomic E-state index is 0.566. The molecule has 0 aliphatic carbocycles. The fourth-order valence-corrected chi connectivity index (χ4v) is 2.93. The first-order valence-electron chi connectivity index (χ1n) is 5.70. The van der Waals surface area contributed by atoms with Crippen LogP contribution in [0.5, 0.6) is 0 Å². The fraction of sp³-hybridized carbons (Fsp3) is 0. The molecule has 19 heavy (non-hydrogen) atoms. The van der Waals surface area contributed by atoms with Gasteiger partial charge in [-0.2, -0.15) is 0 Å². The predicted octanol–water partition coefficient (Wildman–Crippen LogP) is 5.78. The second-order valence-corrected chi connectivity index (χ2v) is 6.11. The number of nitrogens with zero attached hydrogens (tertiary/aromatic N) is 1. The van der Waals surface area contributed by atoms with E-state index in [-0.39, 0.29) is 0 Å². The summed E-state index contributed by atoms with van der Waals surface area (Å²) in [5.41, 5.74) is 3.44. The zero-order chi connectivity index (χ0) is 13.2. The lowest BCUT2D eigenvalue weighted by Gasteiger charge is -2.03. The Hall–Kier alpha value is -1.35. The maximum atomic E-state index is 5.89. The Morgan fingerprint density at radius 2 is 1.26 bits per heavy atom.